The number of hydrogen-bond donors (Lipinski definition) is 0. The van der Waals surface area contributed by atoms with Gasteiger partial charge in [-0.05, 0) is 38.5 Å². The fraction of sp³-hybridized carbons (Fsp3) is 0.500. The first-order valence-corrected chi connectivity index (χ1v) is 13.3. The molecule has 1 aliphatic rings. The molecule has 3 unspecified atom stereocenters. The minimum Gasteiger partial charge on any atom is -0.344 e. The van der Waals surface area contributed by atoms with Gasteiger partial charge in [0, 0.05) is 11.8 Å². The van der Waals surface area contributed by atoms with Crippen LogP contribution in [-0.2, 0) is 9.47 Å². The molecule has 0 aliphatic carbocycles. The van der Waals surface area contributed by atoms with Crippen LogP contribution >= 0.6 is 16.5 Å². The third-order valence-electron chi connectivity index (χ3n) is 4.74. The van der Waals surface area contributed by atoms with Crippen molar-refractivity contribution >= 4 is 27.1 Å². The summed E-state index contributed by atoms with van der Waals surface area (Å²) in [7, 11) is 0.451. The van der Waals surface area contributed by atoms with Gasteiger partial charge in [-0.3, -0.25) is 0 Å². The van der Waals surface area contributed by atoms with Crippen molar-refractivity contribution in [3.05, 3.63) is 60.7 Å². The number of hydrogen-bond acceptors (Lipinski definition) is 2. The summed E-state index contributed by atoms with van der Waals surface area (Å²) in [6.07, 6.45) is 2.54. The summed E-state index contributed by atoms with van der Waals surface area (Å²) in [5.41, 5.74) is 0.537. The molecule has 0 spiro atoms. The quantitative estimate of drug-likeness (QED) is 0.533. The minimum atomic E-state index is -0.490. The summed E-state index contributed by atoms with van der Waals surface area (Å²) in [5, 5.41) is 2.82. The van der Waals surface area contributed by atoms with Crippen LogP contribution in [0.4, 0.5) is 0 Å². The van der Waals surface area contributed by atoms with Gasteiger partial charge in [-0.2, -0.15) is 0 Å². The van der Waals surface area contributed by atoms with E-state index < -0.39 is 13.7 Å². The molecule has 0 bridgehead atoms. The molecular formula is C24H36O2P2. The molecular weight excluding hydrogens is 382 g/mol. The van der Waals surface area contributed by atoms with Crippen LogP contribution in [-0.4, -0.2) is 36.0 Å². The van der Waals surface area contributed by atoms with E-state index in [1.165, 1.54) is 16.8 Å². The van der Waals surface area contributed by atoms with E-state index in [-0.39, 0.29) is 12.2 Å². The molecule has 1 aliphatic heterocycles. The molecule has 28 heavy (non-hydrogen) atoms. The Kier molecular flexibility index (Phi) is 9.58. The second-order valence-electron chi connectivity index (χ2n) is 7.27. The first-order chi connectivity index (χ1) is 13.5. The van der Waals surface area contributed by atoms with Gasteiger partial charge in [-0.15, -0.1) is 8.58 Å². The lowest BCUT2D eigenvalue weighted by Crippen LogP contribution is -2.35. The van der Waals surface area contributed by atoms with Crippen LogP contribution < -0.4 is 10.6 Å². The molecule has 154 valence electrons. The number of benzene rings is 2. The summed E-state index contributed by atoms with van der Waals surface area (Å²) in [4.78, 5) is 0. The predicted molar refractivity (Wildman–Crippen MR) is 127 cm³/mol. The van der Waals surface area contributed by atoms with Crippen molar-refractivity contribution in [2.75, 3.05) is 12.3 Å². The van der Waals surface area contributed by atoms with E-state index in [2.05, 4.69) is 88.4 Å². The number of rotatable bonds is 7. The van der Waals surface area contributed by atoms with Gasteiger partial charge in [0.15, 0.2) is 5.79 Å². The van der Waals surface area contributed by atoms with Gasteiger partial charge in [0.2, 0.25) is 0 Å². The minimum absolute atomic E-state index is 0.144. The van der Waals surface area contributed by atoms with Crippen molar-refractivity contribution in [3.63, 3.8) is 0 Å². The maximum Gasteiger partial charge on any atom is 0.163 e. The lowest BCUT2D eigenvalue weighted by molar-refractivity contribution is -0.144. The van der Waals surface area contributed by atoms with Gasteiger partial charge < -0.3 is 9.47 Å². The average molecular weight is 418 g/mol. The topological polar surface area (TPSA) is 18.5 Å². The Morgan fingerprint density at radius 2 is 1.43 bits per heavy atom. The fourth-order valence-electron chi connectivity index (χ4n) is 3.62. The van der Waals surface area contributed by atoms with E-state index in [1.807, 2.05) is 13.8 Å². The normalized spacial score (nSPS) is 22.2. The summed E-state index contributed by atoms with van der Waals surface area (Å²) in [5.74, 6) is -0.490. The van der Waals surface area contributed by atoms with Gasteiger partial charge in [0.1, 0.15) is 0 Å². The van der Waals surface area contributed by atoms with Crippen LogP contribution in [0.1, 0.15) is 41.5 Å². The molecule has 1 heterocycles. The second-order valence-corrected chi connectivity index (χ2v) is 11.5. The maximum atomic E-state index is 6.40. The van der Waals surface area contributed by atoms with E-state index in [4.69, 9.17) is 9.47 Å². The van der Waals surface area contributed by atoms with Crippen LogP contribution in [0.3, 0.4) is 0 Å². The predicted octanol–water partition coefficient (Wildman–Crippen LogP) is 5.75. The van der Waals surface area contributed by atoms with Crippen LogP contribution in [0.25, 0.3) is 0 Å². The Hall–Kier alpha value is -0.780. The maximum absolute atomic E-state index is 6.40. The van der Waals surface area contributed by atoms with E-state index >= 15 is 0 Å². The standard InChI is InChI=1S/C22H30O2P2.C2H6/c1-5-25-17(2)21-20(23-22(3,4)24-21)16-26(18-12-8-6-9-13-18)19-14-10-7-11-15-19;1-2/h6-15,17,20-21,25H,5,16H2,1-4H3;1-2H3/t17?,20?,21-;/m1./s1. The lowest BCUT2D eigenvalue weighted by atomic mass is 10.2. The zero-order valence-corrected chi connectivity index (χ0v) is 20.1. The molecule has 3 rings (SSSR count). The van der Waals surface area contributed by atoms with Crippen molar-refractivity contribution in [2.24, 2.45) is 0 Å². The molecule has 0 N–H and O–H groups in total. The van der Waals surface area contributed by atoms with Crippen molar-refractivity contribution < 1.29 is 9.47 Å². The second kappa shape index (κ2) is 11.4. The number of ether oxygens (including phenoxy) is 2. The summed E-state index contributed by atoms with van der Waals surface area (Å²) >= 11 is 0. The van der Waals surface area contributed by atoms with Crippen molar-refractivity contribution in [1.29, 1.82) is 0 Å². The van der Waals surface area contributed by atoms with Crippen LogP contribution in [0.5, 0.6) is 0 Å². The Morgan fingerprint density at radius 1 is 0.929 bits per heavy atom. The van der Waals surface area contributed by atoms with Gasteiger partial charge in [-0.25, -0.2) is 0 Å². The first-order valence-electron chi connectivity index (χ1n) is 10.5. The molecule has 1 saturated heterocycles. The summed E-state index contributed by atoms with van der Waals surface area (Å²) in [6, 6.07) is 21.8. The highest BCUT2D eigenvalue weighted by Crippen LogP contribution is 2.42. The molecule has 0 saturated carbocycles. The molecule has 0 radical (unpaired) electrons. The van der Waals surface area contributed by atoms with E-state index in [1.54, 1.807) is 0 Å². The Balaban J connectivity index is 0.00000136. The van der Waals surface area contributed by atoms with Gasteiger partial charge >= 0.3 is 0 Å². The summed E-state index contributed by atoms with van der Waals surface area (Å²) < 4.78 is 12.7. The third-order valence-corrected chi connectivity index (χ3v) is 8.69. The Labute approximate surface area is 175 Å². The van der Waals surface area contributed by atoms with Crippen LogP contribution in [0.2, 0.25) is 0 Å². The molecule has 2 aromatic rings. The monoisotopic (exact) mass is 418 g/mol. The highest BCUT2D eigenvalue weighted by atomic mass is 31.1. The Morgan fingerprint density at radius 3 is 1.89 bits per heavy atom. The van der Waals surface area contributed by atoms with Crippen molar-refractivity contribution in [1.82, 2.24) is 0 Å². The van der Waals surface area contributed by atoms with Gasteiger partial charge in [0.25, 0.3) is 0 Å². The van der Waals surface area contributed by atoms with E-state index in [9.17, 15) is 0 Å². The molecule has 4 heteroatoms. The van der Waals surface area contributed by atoms with Crippen molar-refractivity contribution in [3.8, 4) is 0 Å². The van der Waals surface area contributed by atoms with E-state index in [0.717, 1.165) is 14.7 Å². The van der Waals surface area contributed by atoms with Gasteiger partial charge in [0.05, 0.1) is 12.2 Å². The molecule has 2 aromatic carbocycles. The van der Waals surface area contributed by atoms with Crippen LogP contribution in [0.15, 0.2) is 60.7 Å². The fourth-order valence-corrected chi connectivity index (χ4v) is 7.21. The molecule has 4 atom stereocenters. The van der Waals surface area contributed by atoms with Crippen LogP contribution in [0, 0.1) is 0 Å². The zero-order chi connectivity index (χ0) is 20.6. The zero-order valence-electron chi connectivity index (χ0n) is 18.2. The molecule has 2 nitrogen and oxygen atoms in total. The smallest absolute Gasteiger partial charge is 0.163 e. The largest absolute Gasteiger partial charge is 0.344 e. The molecule has 1 fully saturated rings. The highest BCUT2D eigenvalue weighted by molar-refractivity contribution is 7.73. The SMILES string of the molecule is CC.CCPC(C)[C@H]1OC(C)(C)OC1CP(c1ccccc1)c1ccccc1. The summed E-state index contributed by atoms with van der Waals surface area (Å²) in [6.45, 7) is 12.7. The lowest BCUT2D eigenvalue weighted by Gasteiger charge is -2.27. The first kappa shape index (κ1) is 23.5. The Bertz CT molecular complexity index is 636. The van der Waals surface area contributed by atoms with Gasteiger partial charge in [-0.1, -0.05) is 88.4 Å². The molecule has 0 amide bonds. The highest BCUT2D eigenvalue weighted by Gasteiger charge is 2.44. The van der Waals surface area contributed by atoms with Crippen molar-refractivity contribution in [2.45, 2.75) is 65.2 Å². The molecule has 0 aromatic heterocycles. The average Bonchev–Trinajstić information content (AvgIpc) is 3.03. The third kappa shape index (κ3) is 6.36. The van der Waals surface area contributed by atoms with E-state index in [0.29, 0.717) is 5.66 Å².